The van der Waals surface area contributed by atoms with Crippen molar-refractivity contribution in [1.29, 1.82) is 0 Å². The molecule has 0 bridgehead atoms. The average molecular weight is 397 g/mol. The van der Waals surface area contributed by atoms with Crippen molar-refractivity contribution in [2.24, 2.45) is 0 Å². The minimum atomic E-state index is -0.348. The molecule has 2 heterocycles. The SMILES string of the molecule is CCN(CC)C(=O)C1Sc2ccccc2-c2c1c1ccccc1n2CCCF. The van der Waals surface area contributed by atoms with E-state index in [1.807, 2.05) is 43.0 Å². The van der Waals surface area contributed by atoms with Crippen molar-refractivity contribution in [1.82, 2.24) is 9.47 Å². The van der Waals surface area contributed by atoms with Gasteiger partial charge in [-0.3, -0.25) is 9.18 Å². The number of carbonyl (C=O) groups is 1. The topological polar surface area (TPSA) is 25.2 Å². The molecule has 28 heavy (non-hydrogen) atoms. The van der Waals surface area contributed by atoms with Gasteiger partial charge < -0.3 is 9.47 Å². The summed E-state index contributed by atoms with van der Waals surface area (Å²) in [6.07, 6.45) is 0.467. The Labute approximate surface area is 169 Å². The predicted octanol–water partition coefficient (Wildman–Crippen LogP) is 5.68. The summed E-state index contributed by atoms with van der Waals surface area (Å²) in [4.78, 5) is 16.5. The highest BCUT2D eigenvalue weighted by Crippen LogP contribution is 2.53. The van der Waals surface area contributed by atoms with Crippen molar-refractivity contribution >= 4 is 28.6 Å². The number of aryl methyl sites for hydroxylation is 1. The number of fused-ring (bicyclic) bond motifs is 5. The summed E-state index contributed by atoms with van der Waals surface area (Å²) in [5.41, 5.74) is 4.38. The molecule has 0 aliphatic carbocycles. The number of likely N-dealkylation sites (N-methyl/N-ethyl adjacent to an activating group) is 1. The third-order valence-electron chi connectivity index (χ3n) is 5.47. The molecule has 0 spiro atoms. The lowest BCUT2D eigenvalue weighted by Gasteiger charge is -2.30. The molecule has 1 amide bonds. The van der Waals surface area contributed by atoms with Gasteiger partial charge in [0.1, 0.15) is 5.25 Å². The normalized spacial score (nSPS) is 15.3. The summed E-state index contributed by atoms with van der Waals surface area (Å²) < 4.78 is 15.3. The minimum Gasteiger partial charge on any atom is -0.342 e. The van der Waals surface area contributed by atoms with Gasteiger partial charge in [-0.1, -0.05) is 36.4 Å². The molecular formula is C23H25FN2OS. The monoisotopic (exact) mass is 396 g/mol. The molecule has 2 aromatic carbocycles. The van der Waals surface area contributed by atoms with E-state index in [0.717, 1.165) is 32.6 Å². The Morgan fingerprint density at radius 2 is 1.82 bits per heavy atom. The summed E-state index contributed by atoms with van der Waals surface area (Å²) >= 11 is 1.64. The van der Waals surface area contributed by atoms with Gasteiger partial charge in [0, 0.05) is 46.6 Å². The number of thioether (sulfide) groups is 1. The van der Waals surface area contributed by atoms with E-state index in [1.165, 1.54) is 0 Å². The second-order valence-electron chi connectivity index (χ2n) is 6.98. The molecule has 3 nitrogen and oxygen atoms in total. The van der Waals surface area contributed by atoms with Gasteiger partial charge in [0.25, 0.3) is 0 Å². The van der Waals surface area contributed by atoms with E-state index in [2.05, 4.69) is 28.8 Å². The van der Waals surface area contributed by atoms with Crippen LogP contribution in [0, 0.1) is 0 Å². The molecule has 1 atom stereocenters. The van der Waals surface area contributed by atoms with Crippen molar-refractivity contribution in [3.05, 3.63) is 54.1 Å². The van der Waals surface area contributed by atoms with Crippen LogP contribution < -0.4 is 0 Å². The summed E-state index contributed by atoms with van der Waals surface area (Å²) in [5.74, 6) is 0.152. The highest BCUT2D eigenvalue weighted by molar-refractivity contribution is 8.00. The molecule has 0 radical (unpaired) electrons. The third kappa shape index (κ3) is 3.02. The highest BCUT2D eigenvalue weighted by atomic mass is 32.2. The second-order valence-corrected chi connectivity index (χ2v) is 8.13. The summed E-state index contributed by atoms with van der Waals surface area (Å²) in [6.45, 7) is 5.70. The molecule has 3 aromatic rings. The first kappa shape index (κ1) is 19.1. The standard InChI is InChI=1S/C23H25FN2OS/c1-3-25(4-2)23(27)22-20-16-10-5-7-12-18(16)26(15-9-14-24)21(20)17-11-6-8-13-19(17)28-22/h5-8,10-13,22H,3-4,9,14-15H2,1-2H3. The lowest BCUT2D eigenvalue weighted by atomic mass is 10.0. The first-order valence-corrected chi connectivity index (χ1v) is 10.8. The maximum Gasteiger partial charge on any atom is 0.240 e. The van der Waals surface area contributed by atoms with Crippen molar-refractivity contribution in [2.75, 3.05) is 19.8 Å². The van der Waals surface area contributed by atoms with Crippen molar-refractivity contribution in [3.8, 4) is 11.3 Å². The fraction of sp³-hybridized carbons (Fsp3) is 0.348. The van der Waals surface area contributed by atoms with Crippen LogP contribution >= 0.6 is 11.8 Å². The summed E-state index contributed by atoms with van der Waals surface area (Å²) in [5, 5.41) is 0.824. The van der Waals surface area contributed by atoms with Crippen molar-refractivity contribution < 1.29 is 9.18 Å². The Bertz CT molecular complexity index is 1010. The van der Waals surface area contributed by atoms with Crippen LogP contribution in [0.3, 0.4) is 0 Å². The Morgan fingerprint density at radius 3 is 2.57 bits per heavy atom. The van der Waals surface area contributed by atoms with Crippen LogP contribution in [0.25, 0.3) is 22.2 Å². The first-order chi connectivity index (χ1) is 13.7. The molecule has 1 unspecified atom stereocenters. The maximum absolute atomic E-state index is 13.4. The number of alkyl halides is 1. The fourth-order valence-electron chi connectivity index (χ4n) is 4.16. The number of halogens is 1. The van der Waals surface area contributed by atoms with E-state index in [1.54, 1.807) is 11.8 Å². The van der Waals surface area contributed by atoms with Gasteiger partial charge >= 0.3 is 0 Å². The van der Waals surface area contributed by atoms with Gasteiger partial charge in [-0.25, -0.2) is 0 Å². The summed E-state index contributed by atoms with van der Waals surface area (Å²) in [7, 11) is 0. The number of benzene rings is 2. The van der Waals surface area contributed by atoms with E-state index < -0.39 is 0 Å². The zero-order valence-electron chi connectivity index (χ0n) is 16.3. The second kappa shape index (κ2) is 8.00. The molecule has 1 aliphatic heterocycles. The van der Waals surface area contributed by atoms with E-state index in [-0.39, 0.29) is 17.8 Å². The number of hydrogen-bond donors (Lipinski definition) is 0. The van der Waals surface area contributed by atoms with Gasteiger partial charge in [-0.05, 0) is 32.4 Å². The van der Waals surface area contributed by atoms with Gasteiger partial charge in [0.15, 0.2) is 0 Å². The zero-order chi connectivity index (χ0) is 19.7. The van der Waals surface area contributed by atoms with Crippen molar-refractivity contribution in [3.63, 3.8) is 0 Å². The fourth-order valence-corrected chi connectivity index (χ4v) is 5.47. The molecular weight excluding hydrogens is 371 g/mol. The smallest absolute Gasteiger partial charge is 0.240 e. The quantitative estimate of drug-likeness (QED) is 0.535. The van der Waals surface area contributed by atoms with Crippen LogP contribution in [-0.2, 0) is 11.3 Å². The predicted molar refractivity (Wildman–Crippen MR) is 114 cm³/mol. The molecule has 0 saturated carbocycles. The van der Waals surface area contributed by atoms with Crippen LogP contribution in [0.5, 0.6) is 0 Å². The lowest BCUT2D eigenvalue weighted by Crippen LogP contribution is -2.34. The van der Waals surface area contributed by atoms with E-state index in [0.29, 0.717) is 26.1 Å². The number of aromatic nitrogens is 1. The number of carbonyl (C=O) groups excluding carboxylic acids is 1. The van der Waals surface area contributed by atoms with Gasteiger partial charge in [-0.2, -0.15) is 0 Å². The van der Waals surface area contributed by atoms with Crippen LogP contribution in [0.1, 0.15) is 31.1 Å². The molecule has 0 N–H and O–H groups in total. The number of nitrogens with zero attached hydrogens (tertiary/aromatic N) is 2. The van der Waals surface area contributed by atoms with Gasteiger partial charge in [-0.15, -0.1) is 11.8 Å². The Hall–Kier alpha value is -2.27. The van der Waals surface area contributed by atoms with Crippen LogP contribution in [-0.4, -0.2) is 35.1 Å². The van der Waals surface area contributed by atoms with Gasteiger partial charge in [0.05, 0.1) is 12.4 Å². The first-order valence-electron chi connectivity index (χ1n) is 9.93. The highest BCUT2D eigenvalue weighted by Gasteiger charge is 2.36. The van der Waals surface area contributed by atoms with Crippen molar-refractivity contribution in [2.45, 2.75) is 37.0 Å². The largest absolute Gasteiger partial charge is 0.342 e. The zero-order valence-corrected chi connectivity index (χ0v) is 17.1. The average Bonchev–Trinajstić information content (AvgIpc) is 3.07. The molecule has 4 rings (SSSR count). The maximum atomic E-state index is 13.4. The molecule has 0 fully saturated rings. The van der Waals surface area contributed by atoms with E-state index in [9.17, 15) is 9.18 Å². The Kier molecular flexibility index (Phi) is 5.44. The Balaban J connectivity index is 1.99. The van der Waals surface area contributed by atoms with Gasteiger partial charge in [0.2, 0.25) is 5.91 Å². The molecule has 1 aliphatic rings. The van der Waals surface area contributed by atoms with Crippen LogP contribution in [0.2, 0.25) is 0 Å². The van der Waals surface area contributed by atoms with E-state index in [4.69, 9.17) is 0 Å². The molecule has 146 valence electrons. The van der Waals surface area contributed by atoms with Crippen LogP contribution in [0.4, 0.5) is 4.39 Å². The molecule has 5 heteroatoms. The molecule has 1 aromatic heterocycles. The summed E-state index contributed by atoms with van der Waals surface area (Å²) in [6, 6.07) is 16.5. The third-order valence-corrected chi connectivity index (χ3v) is 6.76. The number of rotatable bonds is 6. The number of amides is 1. The van der Waals surface area contributed by atoms with Crippen LogP contribution in [0.15, 0.2) is 53.4 Å². The number of hydrogen-bond acceptors (Lipinski definition) is 2. The molecule has 0 saturated heterocycles. The van der Waals surface area contributed by atoms with E-state index >= 15 is 0 Å². The Morgan fingerprint density at radius 1 is 1.11 bits per heavy atom. The minimum absolute atomic E-state index is 0.152. The lowest BCUT2D eigenvalue weighted by molar-refractivity contribution is -0.130. The number of para-hydroxylation sites is 1.